The van der Waals surface area contributed by atoms with Crippen molar-refractivity contribution in [3.8, 4) is 17.2 Å². The number of alkyl halides is 3. The number of carbonyl (C=O) groups is 3. The van der Waals surface area contributed by atoms with E-state index in [0.717, 1.165) is 17.0 Å². The fourth-order valence-electron chi connectivity index (χ4n) is 4.37. The zero-order valence-electron chi connectivity index (χ0n) is 22.4. The van der Waals surface area contributed by atoms with Gasteiger partial charge in [0.2, 0.25) is 5.91 Å². The first-order valence-corrected chi connectivity index (χ1v) is 12.4. The Morgan fingerprint density at radius 2 is 1.83 bits per heavy atom. The van der Waals surface area contributed by atoms with Crippen molar-refractivity contribution in [1.82, 2.24) is 5.16 Å². The van der Waals surface area contributed by atoms with Crippen LogP contribution in [-0.4, -0.2) is 40.2 Å². The van der Waals surface area contributed by atoms with E-state index in [-0.39, 0.29) is 62.3 Å². The highest BCUT2D eigenvalue weighted by atomic mass is 19.4. The van der Waals surface area contributed by atoms with Crippen LogP contribution < -0.4 is 10.2 Å². The number of carboxylic acids is 1. The van der Waals surface area contributed by atoms with Gasteiger partial charge in [0, 0.05) is 19.7 Å². The zero-order valence-corrected chi connectivity index (χ0v) is 22.4. The summed E-state index contributed by atoms with van der Waals surface area (Å²) >= 11 is 0. The number of rotatable bonds is 7. The van der Waals surface area contributed by atoms with Gasteiger partial charge in [-0.15, -0.1) is 0 Å². The number of hydrogen-bond donors (Lipinski definition) is 3. The number of nitrogens with one attached hydrogen (secondary N) is 1. The minimum Gasteiger partial charge on any atom is -0.478 e. The number of anilines is 2. The summed E-state index contributed by atoms with van der Waals surface area (Å²) in [5.41, 5.74) is -2.20. The molecule has 0 fully saturated rings. The first-order valence-electron chi connectivity index (χ1n) is 12.4. The average molecular weight is 581 g/mol. The quantitative estimate of drug-likeness (QED) is 0.249. The van der Waals surface area contributed by atoms with Crippen LogP contribution in [0.5, 0.6) is 0 Å². The number of nitrogens with zero attached hydrogens (tertiary/aromatic N) is 3. The van der Waals surface area contributed by atoms with Crippen molar-refractivity contribution in [2.45, 2.75) is 32.5 Å². The van der Waals surface area contributed by atoms with Gasteiger partial charge in [-0.25, -0.2) is 4.79 Å². The molecule has 3 N–H and O–H groups in total. The molecular formula is C29H23F3N4O6. The summed E-state index contributed by atoms with van der Waals surface area (Å²) in [5.74, 6) is -2.82. The number of carbonyl (C=O) groups excluding carboxylic acids is 2. The largest absolute Gasteiger partial charge is 0.478 e. The van der Waals surface area contributed by atoms with Crippen molar-refractivity contribution in [1.29, 1.82) is 5.26 Å². The molecule has 1 aromatic heterocycles. The van der Waals surface area contributed by atoms with Crippen molar-refractivity contribution in [3.05, 3.63) is 76.5 Å². The number of amides is 2. The third kappa shape index (κ3) is 5.65. The second-order valence-electron chi connectivity index (χ2n) is 9.33. The van der Waals surface area contributed by atoms with Crippen LogP contribution in [0.1, 0.15) is 63.9 Å². The first kappa shape index (κ1) is 29.8. The van der Waals surface area contributed by atoms with E-state index >= 15 is 0 Å². The summed E-state index contributed by atoms with van der Waals surface area (Å²) in [6.07, 6.45) is -5.92. The van der Waals surface area contributed by atoms with Crippen LogP contribution in [0.15, 0.2) is 53.1 Å². The molecule has 0 aliphatic heterocycles. The normalized spacial score (nSPS) is 12.0. The van der Waals surface area contributed by atoms with Crippen molar-refractivity contribution in [2.75, 3.05) is 17.3 Å². The number of carboxylic acid groups (broad SMARTS) is 1. The number of nitriles is 1. The molecule has 1 heterocycles. The van der Waals surface area contributed by atoms with Crippen molar-refractivity contribution < 1.29 is 42.3 Å². The second kappa shape index (κ2) is 11.3. The lowest BCUT2D eigenvalue weighted by molar-refractivity contribution is -0.137. The Morgan fingerprint density at radius 3 is 2.43 bits per heavy atom. The fourth-order valence-corrected chi connectivity index (χ4v) is 4.37. The molecule has 0 spiro atoms. The molecular weight excluding hydrogens is 557 g/mol. The van der Waals surface area contributed by atoms with Crippen LogP contribution in [0.25, 0.3) is 22.1 Å². The SMILES string of the molecule is CCC(O)c1cc2onc(C(=O)Nc3ccc(C#N)cc3C(=O)O)c2cc1-c1ccc(N(C)C(C)=O)cc1C(F)(F)F. The lowest BCUT2D eigenvalue weighted by Crippen LogP contribution is -2.23. The third-order valence-corrected chi connectivity index (χ3v) is 6.69. The lowest BCUT2D eigenvalue weighted by Gasteiger charge is -2.22. The third-order valence-electron chi connectivity index (χ3n) is 6.69. The number of halogens is 3. The molecule has 0 bridgehead atoms. The highest BCUT2D eigenvalue weighted by Crippen LogP contribution is 2.43. The molecule has 0 saturated heterocycles. The summed E-state index contributed by atoms with van der Waals surface area (Å²) in [6, 6.07) is 11.3. The maximum atomic E-state index is 14.3. The van der Waals surface area contributed by atoms with E-state index < -0.39 is 35.6 Å². The Bertz CT molecular complexity index is 1770. The molecule has 0 radical (unpaired) electrons. The Kier molecular flexibility index (Phi) is 8.03. The Morgan fingerprint density at radius 1 is 1.12 bits per heavy atom. The summed E-state index contributed by atoms with van der Waals surface area (Å²) in [4.78, 5) is 37.7. The summed E-state index contributed by atoms with van der Waals surface area (Å²) < 4.78 is 48.3. The van der Waals surface area contributed by atoms with Crippen LogP contribution >= 0.6 is 0 Å². The van der Waals surface area contributed by atoms with Gasteiger partial charge >= 0.3 is 12.1 Å². The molecule has 10 nitrogen and oxygen atoms in total. The molecule has 42 heavy (non-hydrogen) atoms. The Hall–Kier alpha value is -5.22. The number of aliphatic hydroxyl groups is 1. The number of hydrogen-bond acceptors (Lipinski definition) is 7. The number of aromatic nitrogens is 1. The van der Waals surface area contributed by atoms with E-state index in [1.807, 2.05) is 0 Å². The van der Waals surface area contributed by atoms with Crippen LogP contribution in [-0.2, 0) is 11.0 Å². The van der Waals surface area contributed by atoms with Crippen LogP contribution in [0, 0.1) is 11.3 Å². The molecule has 1 atom stereocenters. The molecule has 0 aliphatic rings. The minimum atomic E-state index is -4.86. The van der Waals surface area contributed by atoms with Crippen LogP contribution in [0.3, 0.4) is 0 Å². The van der Waals surface area contributed by atoms with Gasteiger partial charge in [0.1, 0.15) is 0 Å². The van der Waals surface area contributed by atoms with Crippen molar-refractivity contribution >= 4 is 40.1 Å². The van der Waals surface area contributed by atoms with E-state index in [0.29, 0.717) is 0 Å². The molecule has 216 valence electrons. The van der Waals surface area contributed by atoms with Gasteiger partial charge < -0.3 is 25.0 Å². The molecule has 3 aromatic carbocycles. The van der Waals surface area contributed by atoms with E-state index in [9.17, 15) is 37.8 Å². The highest BCUT2D eigenvalue weighted by molar-refractivity contribution is 6.13. The predicted molar refractivity (Wildman–Crippen MR) is 145 cm³/mol. The molecule has 1 unspecified atom stereocenters. The second-order valence-corrected chi connectivity index (χ2v) is 9.33. The van der Waals surface area contributed by atoms with Gasteiger partial charge in [-0.05, 0) is 65.6 Å². The number of benzene rings is 3. The molecule has 0 aliphatic carbocycles. The minimum absolute atomic E-state index is 0.000982. The smallest absolute Gasteiger partial charge is 0.417 e. The van der Waals surface area contributed by atoms with Gasteiger partial charge in [0.15, 0.2) is 11.3 Å². The Balaban J connectivity index is 1.90. The first-order chi connectivity index (χ1) is 19.8. The van der Waals surface area contributed by atoms with Gasteiger partial charge in [-0.2, -0.15) is 18.4 Å². The summed E-state index contributed by atoms with van der Waals surface area (Å²) in [7, 11) is 1.33. The Labute approximate surface area is 236 Å². The maximum absolute atomic E-state index is 14.3. The summed E-state index contributed by atoms with van der Waals surface area (Å²) in [6.45, 7) is 2.84. The molecule has 2 amide bonds. The standard InChI is InChI=1S/C29H23F3N4O6/c1-4-24(38)19-12-25-21(11-18(19)17-7-6-16(36(3)14(2)37)10-22(17)29(30,31)32)26(35-42-25)27(39)34-23-8-5-15(13-33)9-20(23)28(40)41/h5-12,24,38H,4H2,1-3H3,(H,34,39)(H,40,41). The van der Waals surface area contributed by atoms with Crippen molar-refractivity contribution in [3.63, 3.8) is 0 Å². The zero-order chi connectivity index (χ0) is 30.9. The van der Waals surface area contributed by atoms with Gasteiger partial charge in [0.25, 0.3) is 5.91 Å². The molecule has 4 rings (SSSR count). The van der Waals surface area contributed by atoms with Crippen molar-refractivity contribution in [2.24, 2.45) is 0 Å². The van der Waals surface area contributed by atoms with E-state index in [2.05, 4.69) is 10.5 Å². The van der Waals surface area contributed by atoms with Gasteiger partial charge in [0.05, 0.1) is 39.9 Å². The van der Waals surface area contributed by atoms with E-state index in [4.69, 9.17) is 9.78 Å². The molecule has 4 aromatic rings. The number of aliphatic hydroxyl groups excluding tert-OH is 1. The fraction of sp³-hybridized carbons (Fsp3) is 0.207. The van der Waals surface area contributed by atoms with Crippen LogP contribution in [0.4, 0.5) is 24.5 Å². The lowest BCUT2D eigenvalue weighted by atomic mass is 9.90. The summed E-state index contributed by atoms with van der Waals surface area (Å²) in [5, 5.41) is 35.4. The topological polar surface area (TPSA) is 157 Å². The maximum Gasteiger partial charge on any atom is 0.417 e. The highest BCUT2D eigenvalue weighted by Gasteiger charge is 2.36. The molecule has 0 saturated carbocycles. The van der Waals surface area contributed by atoms with Crippen LogP contribution in [0.2, 0.25) is 0 Å². The average Bonchev–Trinajstić information content (AvgIpc) is 3.38. The molecule has 13 heteroatoms. The number of fused-ring (bicyclic) bond motifs is 1. The van der Waals surface area contributed by atoms with Gasteiger partial charge in [-0.3, -0.25) is 9.59 Å². The van der Waals surface area contributed by atoms with E-state index in [1.165, 1.54) is 50.4 Å². The predicted octanol–water partition coefficient (Wildman–Crippen LogP) is 5.76. The van der Waals surface area contributed by atoms with Gasteiger partial charge in [-0.1, -0.05) is 18.1 Å². The van der Waals surface area contributed by atoms with E-state index in [1.54, 1.807) is 13.0 Å². The monoisotopic (exact) mass is 580 g/mol. The number of aromatic carboxylic acids is 1.